The normalized spacial score (nSPS) is 23.4. The van der Waals surface area contributed by atoms with E-state index in [9.17, 15) is 0 Å². The summed E-state index contributed by atoms with van der Waals surface area (Å²) in [6.07, 6.45) is 5.22. The molecule has 2 nitrogen and oxygen atoms in total. The van der Waals surface area contributed by atoms with Crippen molar-refractivity contribution in [1.29, 1.82) is 0 Å². The highest BCUT2D eigenvalue weighted by Crippen LogP contribution is 2.11. The monoisotopic (exact) mass is 198 g/mol. The molecule has 0 amide bonds. The van der Waals surface area contributed by atoms with Gasteiger partial charge in [0, 0.05) is 12.1 Å². The van der Waals surface area contributed by atoms with Gasteiger partial charge in [-0.2, -0.15) is 0 Å². The van der Waals surface area contributed by atoms with Crippen molar-refractivity contribution >= 4 is 0 Å². The summed E-state index contributed by atoms with van der Waals surface area (Å²) < 4.78 is 0. The highest BCUT2D eigenvalue weighted by atomic mass is 15.0. The Balaban J connectivity index is 2.14. The maximum Gasteiger partial charge on any atom is 0.00937 e. The molecule has 0 aromatic heterocycles. The third-order valence-electron chi connectivity index (χ3n) is 3.31. The van der Waals surface area contributed by atoms with Gasteiger partial charge in [0.15, 0.2) is 0 Å². The smallest absolute Gasteiger partial charge is 0.00937 e. The summed E-state index contributed by atoms with van der Waals surface area (Å²) in [5, 5.41) is 7.14. The Bertz CT molecular complexity index is 141. The van der Waals surface area contributed by atoms with Crippen molar-refractivity contribution in [2.75, 3.05) is 13.1 Å². The fourth-order valence-corrected chi connectivity index (χ4v) is 2.23. The molecule has 84 valence electrons. The number of hydrogen-bond donors (Lipinski definition) is 2. The molecule has 1 aliphatic heterocycles. The minimum atomic E-state index is 0.688. The van der Waals surface area contributed by atoms with Crippen LogP contribution in [0, 0.1) is 5.92 Å². The van der Waals surface area contributed by atoms with Crippen molar-refractivity contribution in [1.82, 2.24) is 10.6 Å². The van der Waals surface area contributed by atoms with Crippen molar-refractivity contribution < 1.29 is 0 Å². The first-order valence-corrected chi connectivity index (χ1v) is 6.19. The van der Waals surface area contributed by atoms with E-state index in [-0.39, 0.29) is 0 Å². The lowest BCUT2D eigenvalue weighted by Crippen LogP contribution is -2.44. The van der Waals surface area contributed by atoms with Crippen LogP contribution in [0.1, 0.15) is 46.5 Å². The maximum absolute atomic E-state index is 3.74. The molecule has 1 fully saturated rings. The van der Waals surface area contributed by atoms with E-state index in [1.54, 1.807) is 0 Å². The summed E-state index contributed by atoms with van der Waals surface area (Å²) in [7, 11) is 0. The third kappa shape index (κ3) is 4.43. The second-order valence-corrected chi connectivity index (χ2v) is 4.84. The Hall–Kier alpha value is -0.0800. The van der Waals surface area contributed by atoms with Crippen molar-refractivity contribution in [2.24, 2.45) is 5.92 Å². The van der Waals surface area contributed by atoms with Crippen molar-refractivity contribution in [3.63, 3.8) is 0 Å². The molecule has 1 aliphatic rings. The van der Waals surface area contributed by atoms with E-state index in [1.165, 1.54) is 38.8 Å². The topological polar surface area (TPSA) is 24.1 Å². The Morgan fingerprint density at radius 2 is 1.93 bits per heavy atom. The Kier molecular flexibility index (Phi) is 5.49. The summed E-state index contributed by atoms with van der Waals surface area (Å²) in [4.78, 5) is 0. The predicted molar refractivity (Wildman–Crippen MR) is 62.6 cm³/mol. The van der Waals surface area contributed by atoms with Crippen LogP contribution in [0.4, 0.5) is 0 Å². The SMILES string of the molecule is CCC(C)CC(C)NC1CCNCC1. The van der Waals surface area contributed by atoms with Crippen LogP contribution in [0.15, 0.2) is 0 Å². The quantitative estimate of drug-likeness (QED) is 0.707. The van der Waals surface area contributed by atoms with E-state index in [0.29, 0.717) is 6.04 Å². The van der Waals surface area contributed by atoms with Gasteiger partial charge >= 0.3 is 0 Å². The van der Waals surface area contributed by atoms with Crippen LogP contribution in [-0.2, 0) is 0 Å². The van der Waals surface area contributed by atoms with Crippen LogP contribution in [0.2, 0.25) is 0 Å². The highest BCUT2D eigenvalue weighted by molar-refractivity contribution is 4.77. The molecule has 1 rings (SSSR count). The molecule has 1 saturated heterocycles. The lowest BCUT2D eigenvalue weighted by atomic mass is 9.98. The van der Waals surface area contributed by atoms with E-state index in [4.69, 9.17) is 0 Å². The van der Waals surface area contributed by atoms with Crippen LogP contribution < -0.4 is 10.6 Å². The molecule has 0 aliphatic carbocycles. The molecule has 0 saturated carbocycles. The standard InChI is InChI=1S/C12H26N2/c1-4-10(2)9-11(3)14-12-5-7-13-8-6-12/h10-14H,4-9H2,1-3H3. The third-order valence-corrected chi connectivity index (χ3v) is 3.31. The molecule has 2 unspecified atom stereocenters. The first-order valence-electron chi connectivity index (χ1n) is 6.19. The Labute approximate surface area is 88.8 Å². The molecule has 2 N–H and O–H groups in total. The zero-order valence-corrected chi connectivity index (χ0v) is 9.97. The van der Waals surface area contributed by atoms with E-state index in [1.807, 2.05) is 0 Å². The van der Waals surface area contributed by atoms with Crippen LogP contribution in [-0.4, -0.2) is 25.2 Å². The second kappa shape index (κ2) is 6.41. The highest BCUT2D eigenvalue weighted by Gasteiger charge is 2.15. The van der Waals surface area contributed by atoms with Crippen LogP contribution in [0.5, 0.6) is 0 Å². The van der Waals surface area contributed by atoms with E-state index in [2.05, 4.69) is 31.4 Å². The summed E-state index contributed by atoms with van der Waals surface area (Å²) in [6.45, 7) is 9.33. The number of rotatable bonds is 5. The van der Waals surface area contributed by atoms with Gasteiger partial charge in [0.25, 0.3) is 0 Å². The van der Waals surface area contributed by atoms with Gasteiger partial charge in [-0.3, -0.25) is 0 Å². The Morgan fingerprint density at radius 1 is 1.29 bits per heavy atom. The number of hydrogen-bond acceptors (Lipinski definition) is 2. The molecule has 0 aromatic rings. The van der Waals surface area contributed by atoms with Gasteiger partial charge < -0.3 is 10.6 Å². The van der Waals surface area contributed by atoms with Crippen molar-refractivity contribution in [3.05, 3.63) is 0 Å². The van der Waals surface area contributed by atoms with Crippen molar-refractivity contribution in [2.45, 2.75) is 58.5 Å². The maximum atomic E-state index is 3.74. The van der Waals surface area contributed by atoms with Crippen molar-refractivity contribution in [3.8, 4) is 0 Å². The molecule has 0 bridgehead atoms. The molecule has 2 heteroatoms. The van der Waals surface area contributed by atoms with Gasteiger partial charge in [0.2, 0.25) is 0 Å². The minimum absolute atomic E-state index is 0.688. The minimum Gasteiger partial charge on any atom is -0.317 e. The van der Waals surface area contributed by atoms with Crippen LogP contribution in [0.3, 0.4) is 0 Å². The summed E-state index contributed by atoms with van der Waals surface area (Å²) in [6, 6.07) is 1.45. The fraction of sp³-hybridized carbons (Fsp3) is 1.00. The summed E-state index contributed by atoms with van der Waals surface area (Å²) in [5.74, 6) is 0.860. The van der Waals surface area contributed by atoms with Gasteiger partial charge in [-0.05, 0) is 45.2 Å². The molecule has 0 aromatic carbocycles. The molecule has 0 radical (unpaired) electrons. The zero-order valence-electron chi connectivity index (χ0n) is 9.97. The average molecular weight is 198 g/mol. The molecule has 14 heavy (non-hydrogen) atoms. The molecular weight excluding hydrogens is 172 g/mol. The summed E-state index contributed by atoms with van der Waals surface area (Å²) in [5.41, 5.74) is 0. The second-order valence-electron chi connectivity index (χ2n) is 4.84. The van der Waals surface area contributed by atoms with Gasteiger partial charge in [0.1, 0.15) is 0 Å². The first kappa shape index (κ1) is 12.0. The van der Waals surface area contributed by atoms with Crippen LogP contribution >= 0.6 is 0 Å². The van der Waals surface area contributed by atoms with Gasteiger partial charge in [-0.15, -0.1) is 0 Å². The summed E-state index contributed by atoms with van der Waals surface area (Å²) >= 11 is 0. The van der Waals surface area contributed by atoms with Crippen LogP contribution in [0.25, 0.3) is 0 Å². The van der Waals surface area contributed by atoms with E-state index in [0.717, 1.165) is 12.0 Å². The number of nitrogens with one attached hydrogen (secondary N) is 2. The van der Waals surface area contributed by atoms with Gasteiger partial charge in [-0.25, -0.2) is 0 Å². The Morgan fingerprint density at radius 3 is 2.50 bits per heavy atom. The predicted octanol–water partition coefficient (Wildman–Crippen LogP) is 2.15. The fourth-order valence-electron chi connectivity index (χ4n) is 2.23. The largest absolute Gasteiger partial charge is 0.317 e. The van der Waals surface area contributed by atoms with E-state index >= 15 is 0 Å². The first-order chi connectivity index (χ1) is 6.72. The number of piperidine rings is 1. The molecule has 0 spiro atoms. The molecule has 2 atom stereocenters. The molecule has 1 heterocycles. The molecular formula is C12H26N2. The van der Waals surface area contributed by atoms with E-state index < -0.39 is 0 Å². The zero-order chi connectivity index (χ0) is 10.4. The lowest BCUT2D eigenvalue weighted by molar-refractivity contribution is 0.324. The van der Waals surface area contributed by atoms with Gasteiger partial charge in [-0.1, -0.05) is 20.3 Å². The van der Waals surface area contributed by atoms with Gasteiger partial charge in [0.05, 0.1) is 0 Å². The lowest BCUT2D eigenvalue weighted by Gasteiger charge is -2.28. The average Bonchev–Trinajstić information content (AvgIpc) is 2.19.